The number of likely N-dealkylation sites (N-methyl/N-ethyl adjacent to an activating group) is 1. The van der Waals surface area contributed by atoms with Crippen molar-refractivity contribution in [3.8, 4) is 0 Å². The maximum Gasteiger partial charge on any atom is 0.131 e. The molecule has 1 rings (SSSR count). The zero-order valence-corrected chi connectivity index (χ0v) is 11.4. The molecule has 0 aliphatic heterocycles. The fourth-order valence-electron chi connectivity index (χ4n) is 1.50. The predicted octanol–water partition coefficient (Wildman–Crippen LogP) is 0.865. The Labute approximate surface area is 109 Å². The number of anilines is 2. The quantitative estimate of drug-likeness (QED) is 0.567. The second-order valence-electron chi connectivity index (χ2n) is 3.99. The van der Waals surface area contributed by atoms with Crippen molar-refractivity contribution in [2.75, 3.05) is 51.0 Å². The number of hydrogen-bond acceptors (Lipinski definition) is 6. The second kappa shape index (κ2) is 8.66. The molecule has 0 unspecified atom stereocenters. The molecule has 1 aromatic rings. The average Bonchev–Trinajstić information content (AvgIpc) is 2.34. The minimum absolute atomic E-state index is 0.754. The fourth-order valence-corrected chi connectivity index (χ4v) is 1.50. The first-order valence-electron chi connectivity index (χ1n) is 6.23. The highest BCUT2D eigenvalue weighted by Gasteiger charge is 2.00. The third-order valence-corrected chi connectivity index (χ3v) is 2.35. The van der Waals surface area contributed by atoms with Crippen LogP contribution in [0.2, 0.25) is 0 Å². The maximum absolute atomic E-state index is 5.00. The lowest BCUT2D eigenvalue weighted by Crippen LogP contribution is -2.18. The molecule has 0 bridgehead atoms. The van der Waals surface area contributed by atoms with Crippen molar-refractivity contribution in [3.63, 3.8) is 0 Å². The van der Waals surface area contributed by atoms with Crippen LogP contribution in [0.3, 0.4) is 0 Å². The molecule has 0 aromatic carbocycles. The molecule has 0 saturated heterocycles. The first kappa shape index (κ1) is 14.7. The Morgan fingerprint density at radius 1 is 1.11 bits per heavy atom. The lowest BCUT2D eigenvalue weighted by molar-refractivity contribution is 0.198. The van der Waals surface area contributed by atoms with Gasteiger partial charge in [0.1, 0.15) is 17.5 Å². The summed E-state index contributed by atoms with van der Waals surface area (Å²) in [5.41, 5.74) is 0. The Balaban J connectivity index is 2.46. The van der Waals surface area contributed by atoms with Crippen molar-refractivity contribution in [1.29, 1.82) is 0 Å². The van der Waals surface area contributed by atoms with Gasteiger partial charge in [-0.05, 0) is 20.4 Å². The van der Waals surface area contributed by atoms with E-state index >= 15 is 0 Å². The Bertz CT molecular complexity index is 345. The molecule has 0 radical (unpaired) electrons. The molecule has 0 aliphatic rings. The Morgan fingerprint density at radius 2 is 1.78 bits per heavy atom. The van der Waals surface area contributed by atoms with Crippen molar-refractivity contribution in [3.05, 3.63) is 11.9 Å². The molecule has 0 spiro atoms. The summed E-state index contributed by atoms with van der Waals surface area (Å²) in [4.78, 5) is 8.68. The molecule has 0 fully saturated rings. The van der Waals surface area contributed by atoms with Crippen LogP contribution in [0.4, 0.5) is 11.6 Å². The first-order chi connectivity index (χ1) is 8.76. The van der Waals surface area contributed by atoms with Gasteiger partial charge in [0.15, 0.2) is 0 Å². The number of hydrogen-bond donors (Lipinski definition) is 3. The second-order valence-corrected chi connectivity index (χ2v) is 3.99. The van der Waals surface area contributed by atoms with Gasteiger partial charge >= 0.3 is 0 Å². The third-order valence-electron chi connectivity index (χ3n) is 2.35. The summed E-state index contributed by atoms with van der Waals surface area (Å²) < 4.78 is 5.00. The van der Waals surface area contributed by atoms with Crippen LogP contribution in [0.1, 0.15) is 12.2 Å². The minimum Gasteiger partial charge on any atom is -0.385 e. The molecule has 18 heavy (non-hydrogen) atoms. The van der Waals surface area contributed by atoms with Gasteiger partial charge in [0.25, 0.3) is 0 Å². The van der Waals surface area contributed by atoms with Crippen molar-refractivity contribution < 1.29 is 4.74 Å². The van der Waals surface area contributed by atoms with Crippen LogP contribution < -0.4 is 16.0 Å². The highest BCUT2D eigenvalue weighted by atomic mass is 16.5. The molecule has 102 valence electrons. The molecular formula is C12H23N5O. The number of nitrogens with one attached hydrogen (secondary N) is 3. The molecular weight excluding hydrogens is 230 g/mol. The van der Waals surface area contributed by atoms with E-state index in [2.05, 4.69) is 25.9 Å². The molecule has 1 heterocycles. The normalized spacial score (nSPS) is 10.4. The molecule has 1 aromatic heterocycles. The summed E-state index contributed by atoms with van der Waals surface area (Å²) in [6.45, 7) is 5.24. The van der Waals surface area contributed by atoms with E-state index in [0.29, 0.717) is 0 Å². The number of methoxy groups -OCH3 is 1. The van der Waals surface area contributed by atoms with Gasteiger partial charge in [0, 0.05) is 39.4 Å². The Kier molecular flexibility index (Phi) is 7.05. The van der Waals surface area contributed by atoms with Gasteiger partial charge in [-0.15, -0.1) is 0 Å². The molecule has 3 N–H and O–H groups in total. The lowest BCUT2D eigenvalue weighted by Gasteiger charge is -2.09. The third kappa shape index (κ3) is 5.79. The van der Waals surface area contributed by atoms with E-state index in [1.54, 1.807) is 7.11 Å². The van der Waals surface area contributed by atoms with Crippen LogP contribution in [-0.2, 0) is 4.74 Å². The van der Waals surface area contributed by atoms with Crippen molar-refractivity contribution >= 4 is 11.6 Å². The first-order valence-corrected chi connectivity index (χ1v) is 6.23. The van der Waals surface area contributed by atoms with Crippen LogP contribution in [0.25, 0.3) is 0 Å². The zero-order valence-electron chi connectivity index (χ0n) is 11.4. The highest BCUT2D eigenvalue weighted by Crippen LogP contribution is 2.10. The molecule has 6 heteroatoms. The molecule has 0 aliphatic carbocycles. The topological polar surface area (TPSA) is 71.1 Å². The monoisotopic (exact) mass is 253 g/mol. The summed E-state index contributed by atoms with van der Waals surface area (Å²) in [5.74, 6) is 2.47. The summed E-state index contributed by atoms with van der Waals surface area (Å²) in [6.07, 6.45) is 0.960. The van der Waals surface area contributed by atoms with Crippen LogP contribution in [0.15, 0.2) is 6.07 Å². The van der Waals surface area contributed by atoms with Gasteiger partial charge in [0.2, 0.25) is 0 Å². The minimum atomic E-state index is 0.754. The van der Waals surface area contributed by atoms with Crippen molar-refractivity contribution in [1.82, 2.24) is 15.3 Å². The predicted molar refractivity (Wildman–Crippen MR) is 74.2 cm³/mol. The zero-order chi connectivity index (χ0) is 13.2. The molecule has 0 amide bonds. The Hall–Kier alpha value is -1.40. The average molecular weight is 253 g/mol. The van der Waals surface area contributed by atoms with E-state index in [-0.39, 0.29) is 0 Å². The maximum atomic E-state index is 5.00. The van der Waals surface area contributed by atoms with E-state index in [1.165, 1.54) is 0 Å². The number of nitrogens with zero attached hydrogens (tertiary/aromatic N) is 2. The van der Waals surface area contributed by atoms with Gasteiger partial charge in [-0.1, -0.05) is 0 Å². The van der Waals surface area contributed by atoms with Gasteiger partial charge in [0.05, 0.1) is 0 Å². The van der Waals surface area contributed by atoms with E-state index < -0.39 is 0 Å². The van der Waals surface area contributed by atoms with Gasteiger partial charge < -0.3 is 20.7 Å². The molecule has 0 saturated carbocycles. The van der Waals surface area contributed by atoms with Crippen LogP contribution >= 0.6 is 0 Å². The molecule has 6 nitrogen and oxygen atoms in total. The summed E-state index contributed by atoms with van der Waals surface area (Å²) >= 11 is 0. The van der Waals surface area contributed by atoms with Crippen LogP contribution in [0, 0.1) is 6.92 Å². The van der Waals surface area contributed by atoms with Crippen LogP contribution in [0.5, 0.6) is 0 Å². The van der Waals surface area contributed by atoms with Crippen molar-refractivity contribution in [2.24, 2.45) is 0 Å². The smallest absolute Gasteiger partial charge is 0.131 e. The van der Waals surface area contributed by atoms with Gasteiger partial charge in [-0.2, -0.15) is 0 Å². The van der Waals surface area contributed by atoms with Crippen molar-refractivity contribution in [2.45, 2.75) is 13.3 Å². The SMILES string of the molecule is CNCCNc1cc(NCCCOC)nc(C)n1. The summed E-state index contributed by atoms with van der Waals surface area (Å²) in [7, 11) is 3.63. The lowest BCUT2D eigenvalue weighted by atomic mass is 10.4. The van der Waals surface area contributed by atoms with E-state index in [9.17, 15) is 0 Å². The number of rotatable bonds is 9. The van der Waals surface area contributed by atoms with Crippen LogP contribution in [-0.4, -0.2) is 50.4 Å². The van der Waals surface area contributed by atoms with Gasteiger partial charge in [-0.3, -0.25) is 0 Å². The number of aromatic nitrogens is 2. The summed E-state index contributed by atoms with van der Waals surface area (Å²) in [6, 6.07) is 1.93. The largest absolute Gasteiger partial charge is 0.385 e. The standard InChI is InChI=1S/C12H23N5O/c1-10-16-11(14-5-4-8-18-3)9-12(17-10)15-7-6-13-2/h9,13H,4-8H2,1-3H3,(H2,14,15,16,17). The highest BCUT2D eigenvalue weighted by molar-refractivity contribution is 5.47. The Morgan fingerprint density at radius 3 is 2.39 bits per heavy atom. The number of aryl methyl sites for hydroxylation is 1. The number of ether oxygens (including phenoxy) is 1. The summed E-state index contributed by atoms with van der Waals surface area (Å²) in [5, 5.41) is 9.59. The fraction of sp³-hybridized carbons (Fsp3) is 0.667. The van der Waals surface area contributed by atoms with E-state index in [1.807, 2.05) is 20.0 Å². The van der Waals surface area contributed by atoms with Gasteiger partial charge in [-0.25, -0.2) is 9.97 Å². The van der Waals surface area contributed by atoms with E-state index in [0.717, 1.165) is 50.1 Å². The molecule has 0 atom stereocenters. The van der Waals surface area contributed by atoms with E-state index in [4.69, 9.17) is 4.74 Å².